The quantitative estimate of drug-likeness (QED) is 0.534. The molecule has 1 saturated heterocycles. The molecule has 0 aromatic heterocycles. The van der Waals surface area contributed by atoms with Gasteiger partial charge >= 0.3 is 54.7 Å². The minimum absolute atomic E-state index is 1.14. The second-order valence-corrected chi connectivity index (χ2v) is 13.4. The van der Waals surface area contributed by atoms with Crippen LogP contribution in [0.15, 0.2) is 0 Å². The van der Waals surface area contributed by atoms with E-state index >= 15 is 0 Å². The van der Waals surface area contributed by atoms with Crippen LogP contribution in [0.3, 0.4) is 0 Å². The van der Waals surface area contributed by atoms with E-state index in [1.807, 2.05) is 0 Å². The summed E-state index contributed by atoms with van der Waals surface area (Å²) in [4.78, 5) is 0. The third-order valence-corrected chi connectivity index (χ3v) is 8.06. The SMILES string of the molecule is Cl[Se]1(Cl)CCCC1. The topological polar surface area (TPSA) is 0 Å². The molecule has 0 amide bonds. The van der Waals surface area contributed by atoms with Crippen LogP contribution >= 0.6 is 20.2 Å². The summed E-state index contributed by atoms with van der Waals surface area (Å²) in [7, 11) is 11.8. The molecule has 0 unspecified atom stereocenters. The second-order valence-electron chi connectivity index (χ2n) is 1.81. The predicted octanol–water partition coefficient (Wildman–Crippen LogP) is 2.70. The van der Waals surface area contributed by atoms with E-state index in [0.717, 1.165) is 10.6 Å². The van der Waals surface area contributed by atoms with E-state index < -0.39 is 11.0 Å². The molecule has 0 radical (unpaired) electrons. The van der Waals surface area contributed by atoms with Gasteiger partial charge in [-0.15, -0.1) is 0 Å². The van der Waals surface area contributed by atoms with Gasteiger partial charge in [0.05, 0.1) is 0 Å². The monoisotopic (exact) mass is 206 g/mol. The molecule has 0 saturated carbocycles. The molecule has 0 spiro atoms. The molecule has 3 heteroatoms. The van der Waals surface area contributed by atoms with E-state index in [2.05, 4.69) is 0 Å². The van der Waals surface area contributed by atoms with Gasteiger partial charge in [-0.1, -0.05) is 0 Å². The Bertz CT molecular complexity index is 64.1. The van der Waals surface area contributed by atoms with Gasteiger partial charge in [-0.05, 0) is 0 Å². The van der Waals surface area contributed by atoms with Crippen molar-refractivity contribution in [1.82, 2.24) is 0 Å². The Balaban J connectivity index is 2.40. The summed E-state index contributed by atoms with van der Waals surface area (Å²) in [6.45, 7) is 0. The normalized spacial score (nSPS) is 32.9. The fourth-order valence-corrected chi connectivity index (χ4v) is 6.05. The van der Waals surface area contributed by atoms with Crippen molar-refractivity contribution in [3.8, 4) is 0 Å². The zero-order chi connectivity index (χ0) is 5.33. The molecule has 1 rings (SSSR count). The summed E-state index contributed by atoms with van der Waals surface area (Å²) < 4.78 is 0. The standard InChI is InChI=1S/C4H8Cl2Se/c5-7(6)3-1-2-4-7/h1-4H2. The fraction of sp³-hybridized carbons (Fsp3) is 1.00. The maximum atomic E-state index is 5.89. The Labute approximate surface area is 54.9 Å². The van der Waals surface area contributed by atoms with Crippen LogP contribution in [0.2, 0.25) is 10.6 Å². The number of halogens is 2. The van der Waals surface area contributed by atoms with Crippen molar-refractivity contribution in [2.75, 3.05) is 0 Å². The van der Waals surface area contributed by atoms with Crippen molar-refractivity contribution in [3.63, 3.8) is 0 Å². The van der Waals surface area contributed by atoms with Crippen molar-refractivity contribution in [1.29, 1.82) is 0 Å². The van der Waals surface area contributed by atoms with Crippen molar-refractivity contribution in [3.05, 3.63) is 0 Å². The Hall–Kier alpha value is 1.10. The maximum absolute atomic E-state index is 5.89. The average molecular weight is 206 g/mol. The van der Waals surface area contributed by atoms with Crippen molar-refractivity contribution in [2.24, 2.45) is 0 Å². The van der Waals surface area contributed by atoms with Gasteiger partial charge in [0.15, 0.2) is 0 Å². The molecule has 0 nitrogen and oxygen atoms in total. The number of hydrogen-bond acceptors (Lipinski definition) is 0. The van der Waals surface area contributed by atoms with E-state index in [1.54, 1.807) is 0 Å². The molecule has 1 aliphatic heterocycles. The zero-order valence-electron chi connectivity index (χ0n) is 3.99. The van der Waals surface area contributed by atoms with Crippen molar-refractivity contribution >= 4 is 31.2 Å². The van der Waals surface area contributed by atoms with Gasteiger partial charge in [0.2, 0.25) is 0 Å². The molecule has 1 aliphatic rings. The molecule has 0 aliphatic carbocycles. The summed E-state index contributed by atoms with van der Waals surface area (Å²) in [5, 5.41) is 2.28. The zero-order valence-corrected chi connectivity index (χ0v) is 7.22. The molecule has 1 fully saturated rings. The summed E-state index contributed by atoms with van der Waals surface area (Å²) >= 11 is -1.75. The van der Waals surface area contributed by atoms with Crippen LogP contribution in [0.1, 0.15) is 12.8 Å². The van der Waals surface area contributed by atoms with E-state index in [-0.39, 0.29) is 0 Å². The van der Waals surface area contributed by atoms with Crippen molar-refractivity contribution < 1.29 is 0 Å². The molecular weight excluding hydrogens is 198 g/mol. The predicted molar refractivity (Wildman–Crippen MR) is 36.3 cm³/mol. The van der Waals surface area contributed by atoms with Crippen LogP contribution in [0.4, 0.5) is 0 Å². The summed E-state index contributed by atoms with van der Waals surface area (Å²) in [5.41, 5.74) is 0. The fourth-order valence-electron chi connectivity index (χ4n) is 0.729. The first kappa shape index (κ1) is 6.22. The number of hydrogen-bond donors (Lipinski definition) is 0. The van der Waals surface area contributed by atoms with Gasteiger partial charge in [0.1, 0.15) is 0 Å². The van der Waals surface area contributed by atoms with Gasteiger partial charge in [-0.3, -0.25) is 0 Å². The third-order valence-electron chi connectivity index (χ3n) is 1.14. The Morgan fingerprint density at radius 2 is 1.43 bits per heavy atom. The molecule has 44 valence electrons. The van der Waals surface area contributed by atoms with Gasteiger partial charge in [-0.2, -0.15) is 0 Å². The molecule has 0 aromatic rings. The van der Waals surface area contributed by atoms with E-state index in [4.69, 9.17) is 20.2 Å². The van der Waals surface area contributed by atoms with Crippen LogP contribution in [0.5, 0.6) is 0 Å². The van der Waals surface area contributed by atoms with E-state index in [0.29, 0.717) is 0 Å². The second kappa shape index (κ2) is 2.14. The van der Waals surface area contributed by atoms with Crippen LogP contribution in [0, 0.1) is 0 Å². The van der Waals surface area contributed by atoms with Crippen molar-refractivity contribution in [2.45, 2.75) is 23.5 Å². The van der Waals surface area contributed by atoms with Crippen LogP contribution in [0.25, 0.3) is 0 Å². The average Bonchev–Trinajstić information content (AvgIpc) is 1.84. The summed E-state index contributed by atoms with van der Waals surface area (Å²) in [6, 6.07) is 0. The molecule has 0 atom stereocenters. The van der Waals surface area contributed by atoms with Gasteiger partial charge < -0.3 is 0 Å². The van der Waals surface area contributed by atoms with Gasteiger partial charge in [0, 0.05) is 0 Å². The van der Waals surface area contributed by atoms with Gasteiger partial charge in [0.25, 0.3) is 0 Å². The Kier molecular flexibility index (Phi) is 1.91. The third kappa shape index (κ3) is 1.81. The van der Waals surface area contributed by atoms with Crippen LogP contribution < -0.4 is 0 Å². The first-order valence-electron chi connectivity index (χ1n) is 2.39. The first-order valence-corrected chi connectivity index (χ1v) is 9.31. The molecule has 0 N–H and O–H groups in total. The Morgan fingerprint density at radius 3 is 1.57 bits per heavy atom. The first-order chi connectivity index (χ1) is 3.21. The van der Waals surface area contributed by atoms with E-state index in [1.165, 1.54) is 12.8 Å². The van der Waals surface area contributed by atoms with Crippen LogP contribution in [-0.4, -0.2) is 11.0 Å². The number of rotatable bonds is 0. The van der Waals surface area contributed by atoms with E-state index in [9.17, 15) is 0 Å². The summed E-state index contributed by atoms with van der Waals surface area (Å²) in [6.07, 6.45) is 2.54. The molecule has 0 aromatic carbocycles. The molecule has 7 heavy (non-hydrogen) atoms. The Morgan fingerprint density at radius 1 is 1.00 bits per heavy atom. The van der Waals surface area contributed by atoms with Crippen LogP contribution in [-0.2, 0) is 0 Å². The summed E-state index contributed by atoms with van der Waals surface area (Å²) in [5.74, 6) is 0. The molecule has 0 bridgehead atoms. The molecular formula is C4H8Cl2Se. The van der Waals surface area contributed by atoms with Gasteiger partial charge in [-0.25, -0.2) is 0 Å². The minimum atomic E-state index is -1.75. The molecule has 1 heterocycles.